The number of aryl methyl sites for hydroxylation is 1. The second kappa shape index (κ2) is 6.10. The summed E-state index contributed by atoms with van der Waals surface area (Å²) in [6.07, 6.45) is 7.74. The van der Waals surface area contributed by atoms with Crippen LogP contribution in [0.4, 0.5) is 0 Å². The number of hydrogen-bond acceptors (Lipinski definition) is 3. The molecule has 3 heteroatoms. The molecule has 0 aromatic carbocycles. The Morgan fingerprint density at radius 3 is 2.71 bits per heavy atom. The standard InChI is InChI=1S/C14H23N3/c1-3-5-12-8-13(17-10-16-12)9-14(15-4-2)11-6-7-11/h8,10-11,14-15H,3-7,9H2,1-2H3. The van der Waals surface area contributed by atoms with Crippen molar-refractivity contribution < 1.29 is 0 Å². The van der Waals surface area contributed by atoms with Gasteiger partial charge in [-0.15, -0.1) is 0 Å². The van der Waals surface area contributed by atoms with Crippen molar-refractivity contribution >= 4 is 0 Å². The maximum absolute atomic E-state index is 4.40. The van der Waals surface area contributed by atoms with E-state index in [1.165, 1.54) is 24.2 Å². The summed E-state index contributed by atoms with van der Waals surface area (Å²) in [6.45, 7) is 5.42. The number of hydrogen-bond donors (Lipinski definition) is 1. The first-order valence-corrected chi connectivity index (χ1v) is 6.86. The van der Waals surface area contributed by atoms with E-state index in [-0.39, 0.29) is 0 Å². The van der Waals surface area contributed by atoms with E-state index < -0.39 is 0 Å². The van der Waals surface area contributed by atoms with Crippen molar-refractivity contribution in [2.45, 2.75) is 52.0 Å². The van der Waals surface area contributed by atoms with Crippen LogP contribution in [-0.4, -0.2) is 22.6 Å². The number of nitrogens with zero attached hydrogens (tertiary/aromatic N) is 2. The molecule has 1 aliphatic carbocycles. The Balaban J connectivity index is 1.97. The van der Waals surface area contributed by atoms with Crippen molar-refractivity contribution in [2.24, 2.45) is 5.92 Å². The molecule has 3 nitrogen and oxygen atoms in total. The summed E-state index contributed by atoms with van der Waals surface area (Å²) in [5.41, 5.74) is 2.38. The summed E-state index contributed by atoms with van der Waals surface area (Å²) < 4.78 is 0. The van der Waals surface area contributed by atoms with Crippen LogP contribution in [0.3, 0.4) is 0 Å². The Morgan fingerprint density at radius 2 is 2.06 bits per heavy atom. The minimum Gasteiger partial charge on any atom is -0.314 e. The lowest BCUT2D eigenvalue weighted by Gasteiger charge is -2.16. The molecule has 0 saturated heterocycles. The van der Waals surface area contributed by atoms with Crippen LogP contribution in [0, 0.1) is 5.92 Å². The lowest BCUT2D eigenvalue weighted by Crippen LogP contribution is -2.33. The molecule has 0 aliphatic heterocycles. The third kappa shape index (κ3) is 3.77. The topological polar surface area (TPSA) is 37.8 Å². The fraction of sp³-hybridized carbons (Fsp3) is 0.714. The molecule has 0 spiro atoms. The van der Waals surface area contributed by atoms with Gasteiger partial charge < -0.3 is 5.32 Å². The van der Waals surface area contributed by atoms with Gasteiger partial charge in [-0.05, 0) is 37.8 Å². The fourth-order valence-electron chi connectivity index (χ4n) is 2.34. The van der Waals surface area contributed by atoms with Gasteiger partial charge in [0.1, 0.15) is 6.33 Å². The highest BCUT2D eigenvalue weighted by Crippen LogP contribution is 2.33. The van der Waals surface area contributed by atoms with E-state index in [4.69, 9.17) is 0 Å². The average molecular weight is 233 g/mol. The van der Waals surface area contributed by atoms with Gasteiger partial charge in [-0.2, -0.15) is 0 Å². The Morgan fingerprint density at radius 1 is 1.29 bits per heavy atom. The number of aromatic nitrogens is 2. The molecule has 1 atom stereocenters. The predicted molar refractivity (Wildman–Crippen MR) is 69.9 cm³/mol. The Labute approximate surface area is 104 Å². The minimum atomic E-state index is 0.615. The Kier molecular flexibility index (Phi) is 4.49. The highest BCUT2D eigenvalue weighted by Gasteiger charge is 2.30. The van der Waals surface area contributed by atoms with Gasteiger partial charge in [0.05, 0.1) is 0 Å². The zero-order valence-corrected chi connectivity index (χ0v) is 10.9. The molecule has 0 radical (unpaired) electrons. The third-order valence-corrected chi connectivity index (χ3v) is 3.37. The number of rotatable bonds is 7. The molecule has 1 unspecified atom stereocenters. The van der Waals surface area contributed by atoms with E-state index in [2.05, 4.69) is 35.2 Å². The molecule has 0 bridgehead atoms. The van der Waals surface area contributed by atoms with Crippen molar-refractivity contribution in [2.75, 3.05) is 6.54 Å². The van der Waals surface area contributed by atoms with Gasteiger partial charge in [0, 0.05) is 23.9 Å². The second-order valence-electron chi connectivity index (χ2n) is 4.96. The van der Waals surface area contributed by atoms with Crippen LogP contribution >= 0.6 is 0 Å². The molecule has 1 saturated carbocycles. The Bertz CT molecular complexity index is 347. The quantitative estimate of drug-likeness (QED) is 0.785. The first-order valence-electron chi connectivity index (χ1n) is 6.86. The van der Waals surface area contributed by atoms with Gasteiger partial charge in [0.15, 0.2) is 0 Å². The van der Waals surface area contributed by atoms with Crippen LogP contribution < -0.4 is 5.32 Å². The molecule has 0 amide bonds. The monoisotopic (exact) mass is 233 g/mol. The van der Waals surface area contributed by atoms with Crippen molar-refractivity contribution in [3.8, 4) is 0 Å². The molecule has 1 aromatic heterocycles. The van der Waals surface area contributed by atoms with E-state index in [9.17, 15) is 0 Å². The summed E-state index contributed by atoms with van der Waals surface area (Å²) in [7, 11) is 0. The third-order valence-electron chi connectivity index (χ3n) is 3.37. The second-order valence-corrected chi connectivity index (χ2v) is 4.96. The molecule has 1 aromatic rings. The van der Waals surface area contributed by atoms with Crippen LogP contribution in [0.2, 0.25) is 0 Å². The van der Waals surface area contributed by atoms with Crippen LogP contribution in [0.25, 0.3) is 0 Å². The summed E-state index contributed by atoms with van der Waals surface area (Å²) in [6, 6.07) is 2.79. The molecule has 1 fully saturated rings. The van der Waals surface area contributed by atoms with Crippen LogP contribution in [0.15, 0.2) is 12.4 Å². The van der Waals surface area contributed by atoms with Crippen LogP contribution in [-0.2, 0) is 12.8 Å². The number of nitrogens with one attached hydrogen (secondary N) is 1. The van der Waals surface area contributed by atoms with Gasteiger partial charge >= 0.3 is 0 Å². The minimum absolute atomic E-state index is 0.615. The summed E-state index contributed by atoms with van der Waals surface area (Å²) >= 11 is 0. The van der Waals surface area contributed by atoms with E-state index >= 15 is 0 Å². The van der Waals surface area contributed by atoms with Crippen molar-refractivity contribution in [1.29, 1.82) is 0 Å². The van der Waals surface area contributed by atoms with Crippen molar-refractivity contribution in [3.05, 3.63) is 23.8 Å². The molecule has 94 valence electrons. The van der Waals surface area contributed by atoms with E-state index in [1.54, 1.807) is 6.33 Å². The number of likely N-dealkylation sites (N-methyl/N-ethyl adjacent to an activating group) is 1. The smallest absolute Gasteiger partial charge is 0.115 e. The van der Waals surface area contributed by atoms with Gasteiger partial charge in [-0.3, -0.25) is 0 Å². The highest BCUT2D eigenvalue weighted by atomic mass is 14.9. The largest absolute Gasteiger partial charge is 0.314 e. The first-order chi connectivity index (χ1) is 8.33. The first kappa shape index (κ1) is 12.5. The highest BCUT2D eigenvalue weighted by molar-refractivity contribution is 5.10. The van der Waals surface area contributed by atoms with Gasteiger partial charge in [0.2, 0.25) is 0 Å². The van der Waals surface area contributed by atoms with E-state index in [1.807, 2.05) is 0 Å². The van der Waals surface area contributed by atoms with E-state index in [0.717, 1.165) is 31.7 Å². The lowest BCUT2D eigenvalue weighted by atomic mass is 10.1. The summed E-state index contributed by atoms with van der Waals surface area (Å²) in [5.74, 6) is 0.875. The van der Waals surface area contributed by atoms with Crippen molar-refractivity contribution in [1.82, 2.24) is 15.3 Å². The SMILES string of the molecule is CCCc1cc(CC(NCC)C2CC2)ncn1. The van der Waals surface area contributed by atoms with Gasteiger partial charge in [0.25, 0.3) is 0 Å². The van der Waals surface area contributed by atoms with Crippen LogP contribution in [0.5, 0.6) is 0 Å². The van der Waals surface area contributed by atoms with Crippen molar-refractivity contribution in [3.63, 3.8) is 0 Å². The molecule has 1 aliphatic rings. The predicted octanol–water partition coefficient (Wildman–Crippen LogP) is 2.36. The molecule has 17 heavy (non-hydrogen) atoms. The maximum atomic E-state index is 4.40. The van der Waals surface area contributed by atoms with Gasteiger partial charge in [-0.1, -0.05) is 20.3 Å². The van der Waals surface area contributed by atoms with Gasteiger partial charge in [-0.25, -0.2) is 9.97 Å². The maximum Gasteiger partial charge on any atom is 0.115 e. The van der Waals surface area contributed by atoms with Crippen LogP contribution in [0.1, 0.15) is 44.5 Å². The zero-order valence-electron chi connectivity index (χ0n) is 10.9. The lowest BCUT2D eigenvalue weighted by molar-refractivity contribution is 0.468. The summed E-state index contributed by atoms with van der Waals surface area (Å²) in [4.78, 5) is 8.71. The normalized spacial score (nSPS) is 17.1. The molecule has 1 heterocycles. The molecule has 2 rings (SSSR count). The molecular weight excluding hydrogens is 210 g/mol. The van der Waals surface area contributed by atoms with E-state index in [0.29, 0.717) is 6.04 Å². The molecule has 1 N–H and O–H groups in total. The molecular formula is C14H23N3. The fourth-order valence-corrected chi connectivity index (χ4v) is 2.34. The zero-order chi connectivity index (χ0) is 12.1. The summed E-state index contributed by atoms with van der Waals surface area (Å²) in [5, 5.41) is 3.58. The average Bonchev–Trinajstić information content (AvgIpc) is 3.13. The Hall–Kier alpha value is -0.960.